The van der Waals surface area contributed by atoms with Crippen molar-refractivity contribution in [2.45, 2.75) is 51.6 Å². The lowest BCUT2D eigenvalue weighted by atomic mass is 10.1. The van der Waals surface area contributed by atoms with Gasteiger partial charge < -0.3 is 10.2 Å². The Labute approximate surface area is 117 Å². The van der Waals surface area contributed by atoms with Gasteiger partial charge in [0.05, 0.1) is 0 Å². The Bertz CT molecular complexity index is 388. The van der Waals surface area contributed by atoms with E-state index in [2.05, 4.69) is 41.4 Å². The number of benzene rings is 1. The molecule has 1 saturated carbocycles. The van der Waals surface area contributed by atoms with Crippen LogP contribution in [0.5, 0.6) is 0 Å². The number of hydrogen-bond acceptors (Lipinski definition) is 2. The number of piperidine rings is 1. The summed E-state index contributed by atoms with van der Waals surface area (Å²) in [5.41, 5.74) is 2.81. The van der Waals surface area contributed by atoms with Crippen molar-refractivity contribution < 1.29 is 0 Å². The number of anilines is 1. The molecule has 1 saturated heterocycles. The van der Waals surface area contributed by atoms with E-state index in [1.807, 2.05) is 0 Å². The van der Waals surface area contributed by atoms with Crippen molar-refractivity contribution in [1.29, 1.82) is 0 Å². The lowest BCUT2D eigenvalue weighted by Gasteiger charge is -2.29. The van der Waals surface area contributed by atoms with E-state index < -0.39 is 0 Å². The Kier molecular flexibility index (Phi) is 4.07. The third-order valence-corrected chi connectivity index (χ3v) is 4.61. The average molecular weight is 258 g/mol. The molecule has 1 aromatic carbocycles. The standard InChI is InChI=1S/C17H26N2/c1-14(16-7-8-16)18-13-15-5-9-17(10-6-15)19-11-3-2-4-12-19/h5-6,9-10,14,16,18H,2-4,7-8,11-13H2,1H3. The zero-order valence-corrected chi connectivity index (χ0v) is 12.1. The third kappa shape index (κ3) is 3.50. The van der Waals surface area contributed by atoms with Gasteiger partial charge in [-0.25, -0.2) is 0 Å². The molecule has 1 unspecified atom stereocenters. The Morgan fingerprint density at radius 1 is 1.11 bits per heavy atom. The summed E-state index contributed by atoms with van der Waals surface area (Å²) in [6.45, 7) is 5.80. The highest BCUT2D eigenvalue weighted by atomic mass is 15.1. The van der Waals surface area contributed by atoms with Gasteiger partial charge in [0.2, 0.25) is 0 Å². The quantitative estimate of drug-likeness (QED) is 0.868. The minimum Gasteiger partial charge on any atom is -0.372 e. The van der Waals surface area contributed by atoms with Gasteiger partial charge in [-0.3, -0.25) is 0 Å². The third-order valence-electron chi connectivity index (χ3n) is 4.61. The molecule has 2 aliphatic rings. The summed E-state index contributed by atoms with van der Waals surface area (Å²) in [5, 5.41) is 3.65. The van der Waals surface area contributed by atoms with Crippen LogP contribution in [0.15, 0.2) is 24.3 Å². The molecule has 0 aromatic heterocycles. The Balaban J connectivity index is 1.52. The van der Waals surface area contributed by atoms with E-state index in [1.54, 1.807) is 0 Å². The van der Waals surface area contributed by atoms with E-state index in [4.69, 9.17) is 0 Å². The summed E-state index contributed by atoms with van der Waals surface area (Å²) in [6, 6.07) is 9.85. The maximum atomic E-state index is 3.65. The molecule has 0 spiro atoms. The first kappa shape index (κ1) is 13.0. The van der Waals surface area contributed by atoms with Gasteiger partial charge in [-0.05, 0) is 62.6 Å². The summed E-state index contributed by atoms with van der Waals surface area (Å²) in [4.78, 5) is 2.52. The summed E-state index contributed by atoms with van der Waals surface area (Å²) in [5.74, 6) is 0.938. The van der Waals surface area contributed by atoms with Crippen molar-refractivity contribution in [3.8, 4) is 0 Å². The van der Waals surface area contributed by atoms with Crippen LogP contribution in [-0.4, -0.2) is 19.1 Å². The van der Waals surface area contributed by atoms with Crippen molar-refractivity contribution >= 4 is 5.69 Å². The molecule has 1 aliphatic heterocycles. The van der Waals surface area contributed by atoms with Crippen LogP contribution in [0.25, 0.3) is 0 Å². The van der Waals surface area contributed by atoms with Crippen LogP contribution in [0, 0.1) is 5.92 Å². The predicted octanol–water partition coefficient (Wildman–Crippen LogP) is 3.57. The molecular weight excluding hydrogens is 232 g/mol. The number of nitrogens with one attached hydrogen (secondary N) is 1. The van der Waals surface area contributed by atoms with Crippen LogP contribution in [0.2, 0.25) is 0 Å². The molecule has 104 valence electrons. The van der Waals surface area contributed by atoms with E-state index in [0.717, 1.165) is 12.5 Å². The second-order valence-corrected chi connectivity index (χ2v) is 6.22. The number of hydrogen-bond donors (Lipinski definition) is 1. The monoisotopic (exact) mass is 258 g/mol. The lowest BCUT2D eigenvalue weighted by molar-refractivity contribution is 0.496. The molecule has 2 heteroatoms. The first-order valence-electron chi connectivity index (χ1n) is 7.90. The van der Waals surface area contributed by atoms with Crippen LogP contribution in [0.1, 0.15) is 44.6 Å². The molecule has 1 aromatic rings. The first-order chi connectivity index (χ1) is 9.33. The maximum Gasteiger partial charge on any atom is 0.0366 e. The fourth-order valence-electron chi connectivity index (χ4n) is 3.02. The molecule has 1 N–H and O–H groups in total. The Morgan fingerprint density at radius 2 is 1.79 bits per heavy atom. The summed E-state index contributed by atoms with van der Waals surface area (Å²) >= 11 is 0. The SMILES string of the molecule is CC(NCc1ccc(N2CCCCC2)cc1)C1CC1. The van der Waals surface area contributed by atoms with Gasteiger partial charge in [0, 0.05) is 31.4 Å². The topological polar surface area (TPSA) is 15.3 Å². The van der Waals surface area contributed by atoms with E-state index in [0.29, 0.717) is 6.04 Å². The van der Waals surface area contributed by atoms with Gasteiger partial charge in [-0.2, -0.15) is 0 Å². The van der Waals surface area contributed by atoms with Crippen molar-refractivity contribution in [3.63, 3.8) is 0 Å². The van der Waals surface area contributed by atoms with Crippen molar-refractivity contribution in [2.24, 2.45) is 5.92 Å². The zero-order valence-electron chi connectivity index (χ0n) is 12.1. The predicted molar refractivity (Wildman–Crippen MR) is 81.5 cm³/mol. The fourth-order valence-corrected chi connectivity index (χ4v) is 3.02. The van der Waals surface area contributed by atoms with Gasteiger partial charge in [-0.1, -0.05) is 12.1 Å². The van der Waals surface area contributed by atoms with Crippen molar-refractivity contribution in [2.75, 3.05) is 18.0 Å². The molecule has 2 fully saturated rings. The van der Waals surface area contributed by atoms with Crippen LogP contribution >= 0.6 is 0 Å². The maximum absolute atomic E-state index is 3.65. The van der Waals surface area contributed by atoms with Gasteiger partial charge in [-0.15, -0.1) is 0 Å². The normalized spacial score (nSPS) is 21.4. The van der Waals surface area contributed by atoms with Crippen LogP contribution in [-0.2, 0) is 6.54 Å². The molecule has 1 aliphatic carbocycles. The molecule has 0 bridgehead atoms. The summed E-state index contributed by atoms with van der Waals surface area (Å²) in [7, 11) is 0. The average Bonchev–Trinajstić information content (AvgIpc) is 3.31. The summed E-state index contributed by atoms with van der Waals surface area (Å²) < 4.78 is 0. The Hall–Kier alpha value is -1.02. The molecular formula is C17H26N2. The van der Waals surface area contributed by atoms with Crippen molar-refractivity contribution in [3.05, 3.63) is 29.8 Å². The van der Waals surface area contributed by atoms with Gasteiger partial charge in [0.1, 0.15) is 0 Å². The summed E-state index contributed by atoms with van der Waals surface area (Å²) in [6.07, 6.45) is 6.94. The highest BCUT2D eigenvalue weighted by Crippen LogP contribution is 2.32. The van der Waals surface area contributed by atoms with Crippen LogP contribution in [0.4, 0.5) is 5.69 Å². The van der Waals surface area contributed by atoms with E-state index in [-0.39, 0.29) is 0 Å². The first-order valence-corrected chi connectivity index (χ1v) is 7.90. The fraction of sp³-hybridized carbons (Fsp3) is 0.647. The van der Waals surface area contributed by atoms with E-state index >= 15 is 0 Å². The second kappa shape index (κ2) is 5.96. The zero-order chi connectivity index (χ0) is 13.1. The van der Waals surface area contributed by atoms with Gasteiger partial charge >= 0.3 is 0 Å². The lowest BCUT2D eigenvalue weighted by Crippen LogP contribution is -2.29. The van der Waals surface area contributed by atoms with E-state index in [1.165, 1.54) is 56.4 Å². The van der Waals surface area contributed by atoms with Crippen molar-refractivity contribution in [1.82, 2.24) is 5.32 Å². The van der Waals surface area contributed by atoms with Gasteiger partial charge in [0.15, 0.2) is 0 Å². The molecule has 19 heavy (non-hydrogen) atoms. The smallest absolute Gasteiger partial charge is 0.0366 e. The minimum absolute atomic E-state index is 0.682. The van der Waals surface area contributed by atoms with Crippen LogP contribution < -0.4 is 10.2 Å². The highest BCUT2D eigenvalue weighted by molar-refractivity contribution is 5.47. The largest absolute Gasteiger partial charge is 0.372 e. The number of rotatable bonds is 5. The second-order valence-electron chi connectivity index (χ2n) is 6.22. The molecule has 1 heterocycles. The molecule has 0 radical (unpaired) electrons. The molecule has 1 atom stereocenters. The molecule has 0 amide bonds. The van der Waals surface area contributed by atoms with Gasteiger partial charge in [0.25, 0.3) is 0 Å². The van der Waals surface area contributed by atoms with Crippen LogP contribution in [0.3, 0.4) is 0 Å². The number of nitrogens with zero attached hydrogens (tertiary/aromatic N) is 1. The Morgan fingerprint density at radius 3 is 2.42 bits per heavy atom. The minimum atomic E-state index is 0.682. The molecule has 2 nitrogen and oxygen atoms in total. The highest BCUT2D eigenvalue weighted by Gasteiger charge is 2.27. The van der Waals surface area contributed by atoms with E-state index in [9.17, 15) is 0 Å². The molecule has 3 rings (SSSR count).